The highest BCUT2D eigenvalue weighted by Crippen LogP contribution is 2.32. The van der Waals surface area contributed by atoms with Crippen molar-refractivity contribution >= 4 is 29.1 Å². The molecule has 0 aliphatic heterocycles. The minimum absolute atomic E-state index is 0.212. The van der Waals surface area contributed by atoms with Gasteiger partial charge in [-0.15, -0.1) is 16.4 Å². The van der Waals surface area contributed by atoms with Crippen LogP contribution in [0.3, 0.4) is 0 Å². The second kappa shape index (κ2) is 7.06. The van der Waals surface area contributed by atoms with E-state index >= 15 is 0 Å². The minimum Gasteiger partial charge on any atom is -0.478 e. The molecule has 0 aliphatic carbocycles. The number of nitrogens with zero attached hydrogens (tertiary/aromatic N) is 5. The fraction of sp³-hybridized carbons (Fsp3) is 0. The third-order valence-electron chi connectivity index (χ3n) is 3.53. The topological polar surface area (TPSA) is 93.8 Å². The van der Waals surface area contributed by atoms with Crippen molar-refractivity contribution in [3.8, 4) is 16.9 Å². The number of rotatable bonds is 5. The molecule has 26 heavy (non-hydrogen) atoms. The summed E-state index contributed by atoms with van der Waals surface area (Å²) in [5.41, 5.74) is 2.85. The van der Waals surface area contributed by atoms with E-state index in [2.05, 4.69) is 20.5 Å². The van der Waals surface area contributed by atoms with Crippen LogP contribution in [0.1, 0.15) is 10.4 Å². The standard InChI is InChI=1S/C17H11N5O2S2/c23-15(24)12-6-8-13(9-7-12)22-16(19-20-21-22)26-17-18-14(10-25-17)11-4-2-1-3-5-11/h1-10H,(H,23,24). The number of thiazole rings is 1. The summed E-state index contributed by atoms with van der Waals surface area (Å²) in [5.74, 6) is -0.973. The Morgan fingerprint density at radius 1 is 1.08 bits per heavy atom. The molecule has 2 aromatic carbocycles. The van der Waals surface area contributed by atoms with Crippen LogP contribution in [0.4, 0.5) is 0 Å². The molecule has 0 fully saturated rings. The summed E-state index contributed by atoms with van der Waals surface area (Å²) >= 11 is 2.88. The SMILES string of the molecule is O=C(O)c1ccc(-n2nnnc2Sc2nc(-c3ccccc3)cs2)cc1. The number of aromatic carboxylic acids is 1. The van der Waals surface area contributed by atoms with Crippen molar-refractivity contribution in [2.24, 2.45) is 0 Å². The maximum absolute atomic E-state index is 11.0. The van der Waals surface area contributed by atoms with Crippen LogP contribution in [0.15, 0.2) is 69.5 Å². The van der Waals surface area contributed by atoms with E-state index < -0.39 is 5.97 Å². The van der Waals surface area contributed by atoms with E-state index in [9.17, 15) is 4.79 Å². The lowest BCUT2D eigenvalue weighted by Crippen LogP contribution is -2.01. The van der Waals surface area contributed by atoms with Gasteiger partial charge in [-0.05, 0) is 46.5 Å². The molecule has 0 spiro atoms. The summed E-state index contributed by atoms with van der Waals surface area (Å²) in [6, 6.07) is 16.3. The Labute approximate surface area is 156 Å². The molecule has 0 atom stereocenters. The van der Waals surface area contributed by atoms with Crippen LogP contribution in [-0.2, 0) is 0 Å². The maximum Gasteiger partial charge on any atom is 0.335 e. The second-order valence-corrected chi connectivity index (χ2v) is 7.26. The van der Waals surface area contributed by atoms with Crippen molar-refractivity contribution in [1.29, 1.82) is 0 Å². The average Bonchev–Trinajstić information content (AvgIpc) is 3.33. The molecule has 9 heteroatoms. The van der Waals surface area contributed by atoms with Gasteiger partial charge in [0.25, 0.3) is 0 Å². The molecule has 7 nitrogen and oxygen atoms in total. The van der Waals surface area contributed by atoms with E-state index in [-0.39, 0.29) is 5.56 Å². The first-order valence-corrected chi connectivity index (χ1v) is 9.21. The number of benzene rings is 2. The Morgan fingerprint density at radius 3 is 2.58 bits per heavy atom. The fourth-order valence-corrected chi connectivity index (χ4v) is 3.99. The van der Waals surface area contributed by atoms with Crippen molar-refractivity contribution in [2.75, 3.05) is 0 Å². The predicted molar refractivity (Wildman–Crippen MR) is 97.8 cm³/mol. The van der Waals surface area contributed by atoms with Gasteiger partial charge in [-0.1, -0.05) is 30.3 Å². The highest BCUT2D eigenvalue weighted by Gasteiger charge is 2.14. The third kappa shape index (κ3) is 3.35. The van der Waals surface area contributed by atoms with Crippen molar-refractivity contribution < 1.29 is 9.90 Å². The van der Waals surface area contributed by atoms with Gasteiger partial charge in [-0.2, -0.15) is 4.68 Å². The van der Waals surface area contributed by atoms with Crippen LogP contribution < -0.4 is 0 Å². The summed E-state index contributed by atoms with van der Waals surface area (Å²) in [7, 11) is 0. The van der Waals surface area contributed by atoms with E-state index in [4.69, 9.17) is 5.11 Å². The average molecular weight is 381 g/mol. The number of tetrazole rings is 1. The Hall–Kier alpha value is -3.04. The number of carboxylic acid groups (broad SMARTS) is 1. The van der Waals surface area contributed by atoms with Gasteiger partial charge in [0.2, 0.25) is 5.16 Å². The lowest BCUT2D eigenvalue weighted by molar-refractivity contribution is 0.0697. The van der Waals surface area contributed by atoms with Crippen LogP contribution in [0, 0.1) is 0 Å². The van der Waals surface area contributed by atoms with Crippen LogP contribution >= 0.6 is 23.1 Å². The van der Waals surface area contributed by atoms with Crippen molar-refractivity contribution in [2.45, 2.75) is 9.50 Å². The molecule has 0 amide bonds. The molecule has 1 N–H and O–H groups in total. The van der Waals surface area contributed by atoms with Gasteiger partial charge >= 0.3 is 5.97 Å². The number of hydrogen-bond donors (Lipinski definition) is 1. The molecule has 2 heterocycles. The molecule has 0 aliphatic rings. The first-order chi connectivity index (χ1) is 12.7. The summed E-state index contributed by atoms with van der Waals surface area (Å²) in [5, 5.41) is 23.3. The van der Waals surface area contributed by atoms with E-state index in [1.165, 1.54) is 35.2 Å². The molecule has 0 saturated carbocycles. The Kier molecular flexibility index (Phi) is 4.46. The summed E-state index contributed by atoms with van der Waals surface area (Å²) in [6.07, 6.45) is 0. The first-order valence-electron chi connectivity index (χ1n) is 7.51. The molecule has 0 unspecified atom stereocenters. The Morgan fingerprint density at radius 2 is 1.85 bits per heavy atom. The van der Waals surface area contributed by atoms with Crippen LogP contribution in [0.2, 0.25) is 0 Å². The highest BCUT2D eigenvalue weighted by molar-refractivity contribution is 8.00. The number of hydrogen-bond acceptors (Lipinski definition) is 7. The van der Waals surface area contributed by atoms with E-state index in [1.807, 2.05) is 35.7 Å². The zero-order valence-corrected chi connectivity index (χ0v) is 14.8. The predicted octanol–water partition coefficient (Wildman–Crippen LogP) is 3.64. The first kappa shape index (κ1) is 16.4. The highest BCUT2D eigenvalue weighted by atomic mass is 32.2. The summed E-state index contributed by atoms with van der Waals surface area (Å²) in [6.45, 7) is 0. The number of aromatic nitrogens is 5. The normalized spacial score (nSPS) is 10.8. The molecule has 0 saturated heterocycles. The van der Waals surface area contributed by atoms with Gasteiger partial charge in [-0.25, -0.2) is 9.78 Å². The van der Waals surface area contributed by atoms with Gasteiger partial charge < -0.3 is 5.11 Å². The molecular formula is C17H11N5O2S2. The van der Waals surface area contributed by atoms with Crippen molar-refractivity contribution in [3.63, 3.8) is 0 Å². The van der Waals surface area contributed by atoms with E-state index in [0.29, 0.717) is 10.8 Å². The van der Waals surface area contributed by atoms with Crippen molar-refractivity contribution in [3.05, 3.63) is 65.5 Å². The molecule has 4 rings (SSSR count). The third-order valence-corrected chi connectivity index (χ3v) is 5.41. The Balaban J connectivity index is 1.58. The Bertz CT molecular complexity index is 1040. The van der Waals surface area contributed by atoms with Gasteiger partial charge in [-0.3, -0.25) is 0 Å². The van der Waals surface area contributed by atoms with E-state index in [1.54, 1.807) is 16.8 Å². The van der Waals surface area contributed by atoms with Crippen LogP contribution in [0.25, 0.3) is 16.9 Å². The lowest BCUT2D eigenvalue weighted by Gasteiger charge is -2.03. The van der Waals surface area contributed by atoms with Gasteiger partial charge in [0.1, 0.15) is 0 Å². The fourth-order valence-electron chi connectivity index (χ4n) is 2.27. The second-order valence-electron chi connectivity index (χ2n) is 5.19. The smallest absolute Gasteiger partial charge is 0.335 e. The zero-order chi connectivity index (χ0) is 17.9. The zero-order valence-electron chi connectivity index (χ0n) is 13.2. The minimum atomic E-state index is -0.973. The molecule has 0 radical (unpaired) electrons. The number of carbonyl (C=O) groups is 1. The van der Waals surface area contributed by atoms with Gasteiger partial charge in [0.15, 0.2) is 4.34 Å². The lowest BCUT2D eigenvalue weighted by atomic mass is 10.2. The molecule has 2 aromatic heterocycles. The molecular weight excluding hydrogens is 370 g/mol. The summed E-state index contributed by atoms with van der Waals surface area (Å²) < 4.78 is 2.38. The van der Waals surface area contributed by atoms with Gasteiger partial charge in [0, 0.05) is 10.9 Å². The van der Waals surface area contributed by atoms with Crippen LogP contribution in [-0.4, -0.2) is 36.3 Å². The van der Waals surface area contributed by atoms with E-state index in [0.717, 1.165) is 15.6 Å². The summed E-state index contributed by atoms with van der Waals surface area (Å²) in [4.78, 5) is 15.6. The monoisotopic (exact) mass is 381 g/mol. The molecule has 4 aromatic rings. The molecule has 0 bridgehead atoms. The van der Waals surface area contributed by atoms with Crippen LogP contribution in [0.5, 0.6) is 0 Å². The van der Waals surface area contributed by atoms with Gasteiger partial charge in [0.05, 0.1) is 16.9 Å². The maximum atomic E-state index is 11.0. The quantitative estimate of drug-likeness (QED) is 0.564. The number of carboxylic acids is 1. The van der Waals surface area contributed by atoms with Crippen molar-refractivity contribution in [1.82, 2.24) is 25.2 Å². The largest absolute Gasteiger partial charge is 0.478 e. The molecule has 128 valence electrons.